The highest BCUT2D eigenvalue weighted by Crippen LogP contribution is 2.33. The third-order valence-electron chi connectivity index (χ3n) is 2.36. The molecule has 0 aliphatic carbocycles. The van der Waals surface area contributed by atoms with Crippen LogP contribution in [-0.4, -0.2) is 10.1 Å². The van der Waals surface area contributed by atoms with E-state index in [4.69, 9.17) is 10.3 Å². The summed E-state index contributed by atoms with van der Waals surface area (Å²) in [7, 11) is 0. The lowest BCUT2D eigenvalue weighted by Gasteiger charge is -2.05. The lowest BCUT2D eigenvalue weighted by atomic mass is 9.99. The van der Waals surface area contributed by atoms with Crippen molar-refractivity contribution in [3.05, 3.63) is 29.8 Å². The van der Waals surface area contributed by atoms with E-state index in [1.165, 1.54) is 6.20 Å². The maximum atomic E-state index is 13.5. The summed E-state index contributed by atoms with van der Waals surface area (Å²) in [5, 5.41) is 3.80. The van der Waals surface area contributed by atoms with Gasteiger partial charge in [-0.15, -0.1) is 0 Å². The highest BCUT2D eigenvalue weighted by atomic mass is 19.1. The van der Waals surface area contributed by atoms with E-state index in [9.17, 15) is 4.39 Å². The van der Waals surface area contributed by atoms with Crippen LogP contribution in [0.5, 0.6) is 0 Å². The maximum Gasteiger partial charge on any atom is 0.226 e. The summed E-state index contributed by atoms with van der Waals surface area (Å²) >= 11 is 0. The summed E-state index contributed by atoms with van der Waals surface area (Å²) in [4.78, 5) is 3.69. The standard InChI is InChI=1S/C11H12FN3O/c1-6(2)9-10(15-16-11(9)13)7-3-4-14-5-8(7)12/h3-6H,13H2,1-2H3. The van der Waals surface area contributed by atoms with Gasteiger partial charge in [-0.3, -0.25) is 4.98 Å². The van der Waals surface area contributed by atoms with Gasteiger partial charge in [-0.05, 0) is 12.0 Å². The van der Waals surface area contributed by atoms with Gasteiger partial charge in [-0.1, -0.05) is 19.0 Å². The molecule has 0 saturated carbocycles. The molecule has 0 fully saturated rings. The monoisotopic (exact) mass is 221 g/mol. The average molecular weight is 221 g/mol. The van der Waals surface area contributed by atoms with Crippen molar-refractivity contribution < 1.29 is 8.91 Å². The van der Waals surface area contributed by atoms with Crippen LogP contribution in [0.25, 0.3) is 11.3 Å². The number of aromatic nitrogens is 2. The first-order valence-corrected chi connectivity index (χ1v) is 4.96. The Morgan fingerprint density at radius 2 is 2.19 bits per heavy atom. The van der Waals surface area contributed by atoms with Crippen molar-refractivity contribution >= 4 is 5.88 Å². The number of pyridine rings is 1. The Kier molecular flexibility index (Phi) is 2.60. The van der Waals surface area contributed by atoms with E-state index in [1.807, 2.05) is 13.8 Å². The van der Waals surface area contributed by atoms with Gasteiger partial charge in [-0.25, -0.2) is 4.39 Å². The van der Waals surface area contributed by atoms with Gasteiger partial charge < -0.3 is 10.3 Å². The third-order valence-corrected chi connectivity index (χ3v) is 2.36. The minimum atomic E-state index is -0.433. The number of nitrogens with two attached hydrogens (primary N) is 1. The van der Waals surface area contributed by atoms with Gasteiger partial charge in [0.25, 0.3) is 0 Å². The first kappa shape index (κ1) is 10.6. The SMILES string of the molecule is CC(C)c1c(-c2ccncc2F)noc1N. The summed E-state index contributed by atoms with van der Waals surface area (Å²) in [6.45, 7) is 3.90. The molecule has 0 aromatic carbocycles. The van der Waals surface area contributed by atoms with Crippen LogP contribution in [0.4, 0.5) is 10.3 Å². The maximum absolute atomic E-state index is 13.5. The number of rotatable bonds is 2. The summed E-state index contributed by atoms with van der Waals surface area (Å²) in [6.07, 6.45) is 2.65. The molecule has 2 N–H and O–H groups in total. The number of nitrogens with zero attached hydrogens (tertiary/aromatic N) is 2. The predicted molar refractivity (Wildman–Crippen MR) is 58.2 cm³/mol. The van der Waals surface area contributed by atoms with Gasteiger partial charge >= 0.3 is 0 Å². The zero-order valence-corrected chi connectivity index (χ0v) is 9.07. The van der Waals surface area contributed by atoms with Crippen LogP contribution in [0, 0.1) is 5.82 Å². The molecule has 5 heteroatoms. The van der Waals surface area contributed by atoms with E-state index in [0.29, 0.717) is 11.3 Å². The van der Waals surface area contributed by atoms with Crippen molar-refractivity contribution in [2.45, 2.75) is 19.8 Å². The third kappa shape index (κ3) is 1.64. The van der Waals surface area contributed by atoms with E-state index in [2.05, 4.69) is 10.1 Å². The minimum absolute atomic E-state index is 0.119. The fourth-order valence-corrected chi connectivity index (χ4v) is 1.63. The summed E-state index contributed by atoms with van der Waals surface area (Å²) < 4.78 is 18.5. The number of halogens is 1. The van der Waals surface area contributed by atoms with Crippen LogP contribution in [-0.2, 0) is 0 Å². The van der Waals surface area contributed by atoms with E-state index in [0.717, 1.165) is 11.8 Å². The van der Waals surface area contributed by atoms with Crippen molar-refractivity contribution in [2.24, 2.45) is 0 Å². The van der Waals surface area contributed by atoms with Gasteiger partial charge in [-0.2, -0.15) is 0 Å². The minimum Gasteiger partial charge on any atom is -0.367 e. The quantitative estimate of drug-likeness (QED) is 0.846. The summed E-state index contributed by atoms with van der Waals surface area (Å²) in [5.74, 6) is -0.0762. The molecule has 0 aliphatic rings. The Hall–Kier alpha value is -1.91. The van der Waals surface area contributed by atoms with Crippen LogP contribution in [0.3, 0.4) is 0 Å². The van der Waals surface area contributed by atoms with E-state index in [1.54, 1.807) is 6.07 Å². The second-order valence-corrected chi connectivity index (χ2v) is 3.82. The zero-order valence-electron chi connectivity index (χ0n) is 9.07. The van der Waals surface area contributed by atoms with Crippen LogP contribution in [0.1, 0.15) is 25.3 Å². The van der Waals surface area contributed by atoms with Crippen LogP contribution >= 0.6 is 0 Å². The number of hydrogen-bond donors (Lipinski definition) is 1. The predicted octanol–water partition coefficient (Wildman–Crippen LogP) is 2.58. The molecular formula is C11H12FN3O. The Balaban J connectivity index is 2.61. The molecule has 0 bridgehead atoms. The molecule has 0 unspecified atom stereocenters. The fourth-order valence-electron chi connectivity index (χ4n) is 1.63. The Morgan fingerprint density at radius 3 is 2.81 bits per heavy atom. The zero-order chi connectivity index (χ0) is 11.7. The molecule has 16 heavy (non-hydrogen) atoms. The van der Waals surface area contributed by atoms with Crippen molar-refractivity contribution in [3.63, 3.8) is 0 Å². The van der Waals surface area contributed by atoms with Crippen molar-refractivity contribution in [3.8, 4) is 11.3 Å². The Labute approximate surface area is 92.3 Å². The van der Waals surface area contributed by atoms with Crippen LogP contribution in [0.2, 0.25) is 0 Å². The smallest absolute Gasteiger partial charge is 0.226 e. The molecule has 0 radical (unpaired) electrons. The lowest BCUT2D eigenvalue weighted by molar-refractivity contribution is 0.437. The summed E-state index contributed by atoms with van der Waals surface area (Å²) in [5.41, 5.74) is 7.20. The molecule has 2 aromatic rings. The molecule has 0 atom stereocenters. The van der Waals surface area contributed by atoms with Crippen molar-refractivity contribution in [2.75, 3.05) is 5.73 Å². The van der Waals surface area contributed by atoms with Crippen molar-refractivity contribution in [1.82, 2.24) is 10.1 Å². The Bertz CT molecular complexity index is 508. The Morgan fingerprint density at radius 1 is 1.44 bits per heavy atom. The van der Waals surface area contributed by atoms with Gasteiger partial charge in [0.2, 0.25) is 5.88 Å². The van der Waals surface area contributed by atoms with Crippen LogP contribution in [0.15, 0.2) is 23.0 Å². The van der Waals surface area contributed by atoms with Gasteiger partial charge in [0.1, 0.15) is 5.69 Å². The molecule has 2 aromatic heterocycles. The van der Waals surface area contributed by atoms with Crippen molar-refractivity contribution in [1.29, 1.82) is 0 Å². The van der Waals surface area contributed by atoms with E-state index < -0.39 is 5.82 Å². The first-order chi connectivity index (χ1) is 7.61. The van der Waals surface area contributed by atoms with Gasteiger partial charge in [0.15, 0.2) is 5.82 Å². The summed E-state index contributed by atoms with van der Waals surface area (Å²) in [6, 6.07) is 1.55. The fraction of sp³-hybridized carbons (Fsp3) is 0.273. The molecule has 0 saturated heterocycles. The second kappa shape index (κ2) is 3.92. The van der Waals surface area contributed by atoms with E-state index >= 15 is 0 Å². The molecule has 84 valence electrons. The number of nitrogen functional groups attached to an aromatic ring is 1. The molecule has 0 aliphatic heterocycles. The largest absolute Gasteiger partial charge is 0.367 e. The molecule has 2 heterocycles. The second-order valence-electron chi connectivity index (χ2n) is 3.82. The van der Waals surface area contributed by atoms with E-state index in [-0.39, 0.29) is 11.8 Å². The molecular weight excluding hydrogens is 209 g/mol. The lowest BCUT2D eigenvalue weighted by Crippen LogP contribution is -1.96. The number of anilines is 1. The topological polar surface area (TPSA) is 64.9 Å². The van der Waals surface area contributed by atoms with Crippen LogP contribution < -0.4 is 5.73 Å². The molecule has 2 rings (SSSR count). The van der Waals surface area contributed by atoms with Gasteiger partial charge in [0, 0.05) is 17.3 Å². The number of hydrogen-bond acceptors (Lipinski definition) is 4. The molecule has 4 nitrogen and oxygen atoms in total. The highest BCUT2D eigenvalue weighted by molar-refractivity contribution is 5.67. The van der Waals surface area contributed by atoms with Gasteiger partial charge in [0.05, 0.1) is 6.20 Å². The molecule has 0 spiro atoms. The first-order valence-electron chi connectivity index (χ1n) is 4.96. The molecule has 0 amide bonds. The normalized spacial score (nSPS) is 11.0. The average Bonchev–Trinajstić information content (AvgIpc) is 2.61. The highest BCUT2D eigenvalue weighted by Gasteiger charge is 2.20.